The number of nitrogens with one attached hydrogen (secondary N) is 1. The van der Waals surface area contributed by atoms with E-state index in [1.807, 2.05) is 0 Å². The van der Waals surface area contributed by atoms with E-state index in [-0.39, 0.29) is 18.4 Å². The summed E-state index contributed by atoms with van der Waals surface area (Å²) in [5, 5.41) is 9.08. The smallest absolute Gasteiger partial charge is 0.416 e. The molecule has 0 aliphatic carbocycles. The highest BCUT2D eigenvalue weighted by molar-refractivity contribution is 7.99. The number of carboxylic acid groups (broad SMARTS) is 1. The number of hydrogen-bond acceptors (Lipinski definition) is 4. The van der Waals surface area contributed by atoms with E-state index in [1.165, 1.54) is 36.0 Å². The average molecular weight is 421 g/mol. The zero-order chi connectivity index (χ0) is 20.2. The fraction of sp³-hybridized carbons (Fsp3) is 0.235. The van der Waals surface area contributed by atoms with E-state index in [2.05, 4.69) is 4.72 Å². The number of alkyl halides is 3. The number of carboxylic acids is 1. The van der Waals surface area contributed by atoms with Crippen LogP contribution in [0.4, 0.5) is 13.2 Å². The summed E-state index contributed by atoms with van der Waals surface area (Å²) in [6, 6.07) is 8.38. The second-order valence-corrected chi connectivity index (χ2v) is 8.49. The molecule has 0 aromatic heterocycles. The Morgan fingerprint density at radius 1 is 1.19 bits per heavy atom. The lowest BCUT2D eigenvalue weighted by Crippen LogP contribution is -2.26. The molecule has 0 saturated carbocycles. The summed E-state index contributed by atoms with van der Waals surface area (Å²) >= 11 is 1.20. The monoisotopic (exact) mass is 421 g/mol. The van der Waals surface area contributed by atoms with Crippen LogP contribution in [0.5, 0.6) is 0 Å². The number of carbonyl (C=O) groups is 1. The highest BCUT2D eigenvalue weighted by Gasteiger charge is 2.29. The summed E-state index contributed by atoms with van der Waals surface area (Å²) in [6.07, 6.45) is -4.40. The first kappa shape index (κ1) is 21.3. The van der Waals surface area contributed by atoms with Crippen molar-refractivity contribution >= 4 is 27.8 Å². The summed E-state index contributed by atoms with van der Waals surface area (Å²) in [6.45, 7) is 1.60. The molecule has 148 valence electrons. The Morgan fingerprint density at radius 2 is 1.81 bits per heavy atom. The van der Waals surface area contributed by atoms with Crippen molar-refractivity contribution < 1.29 is 32.9 Å². The molecule has 10 heteroatoms. The summed E-state index contributed by atoms with van der Waals surface area (Å²) in [7, 11) is -3.89. The van der Waals surface area contributed by atoms with Gasteiger partial charge in [0.1, 0.15) is 0 Å². The standard InChI is InChI=1S/C17H16F3NO4S2.H2/c1-11-2-7-14(10-15(11)16(22)23)27(24,25)21-8-9-26-13-5-3-12(4-6-13)17(18,19)20;/h2-7,10,21H,8-9H2,1H3,(H,22,23);1H. The van der Waals surface area contributed by atoms with Crippen LogP contribution >= 0.6 is 11.8 Å². The number of sulfonamides is 1. The van der Waals surface area contributed by atoms with Gasteiger partial charge in [-0.3, -0.25) is 0 Å². The summed E-state index contributed by atoms with van der Waals surface area (Å²) in [5.41, 5.74) is -0.405. The van der Waals surface area contributed by atoms with Gasteiger partial charge in [0.25, 0.3) is 0 Å². The molecule has 2 aromatic carbocycles. The highest BCUT2D eigenvalue weighted by Crippen LogP contribution is 2.30. The van der Waals surface area contributed by atoms with Crippen molar-refractivity contribution in [2.45, 2.75) is 22.9 Å². The van der Waals surface area contributed by atoms with Crippen LogP contribution in [0.3, 0.4) is 0 Å². The maximum atomic E-state index is 12.5. The first-order valence-electron chi connectivity index (χ1n) is 7.64. The van der Waals surface area contributed by atoms with Gasteiger partial charge in [-0.05, 0) is 48.9 Å². The molecular formula is C17H18F3NO4S2. The van der Waals surface area contributed by atoms with Gasteiger partial charge in [-0.2, -0.15) is 13.2 Å². The minimum absolute atomic E-state index is 0. The normalized spacial score (nSPS) is 12.1. The van der Waals surface area contributed by atoms with Crippen LogP contribution in [-0.2, 0) is 16.2 Å². The summed E-state index contributed by atoms with van der Waals surface area (Å²) in [5.74, 6) is -0.926. The number of hydrogen-bond donors (Lipinski definition) is 2. The van der Waals surface area contributed by atoms with Crippen LogP contribution in [0.25, 0.3) is 0 Å². The van der Waals surface area contributed by atoms with Gasteiger partial charge >= 0.3 is 12.1 Å². The van der Waals surface area contributed by atoms with Crippen LogP contribution in [0, 0.1) is 6.92 Å². The van der Waals surface area contributed by atoms with Crippen molar-refractivity contribution in [2.24, 2.45) is 0 Å². The van der Waals surface area contributed by atoms with E-state index < -0.39 is 27.7 Å². The Kier molecular flexibility index (Phi) is 6.55. The topological polar surface area (TPSA) is 83.5 Å². The number of benzene rings is 2. The van der Waals surface area contributed by atoms with Gasteiger partial charge in [0, 0.05) is 18.6 Å². The molecule has 27 heavy (non-hydrogen) atoms. The first-order chi connectivity index (χ1) is 12.5. The average Bonchev–Trinajstić information content (AvgIpc) is 2.58. The molecule has 0 atom stereocenters. The SMILES string of the molecule is Cc1ccc(S(=O)(=O)NCCSc2ccc(C(F)(F)F)cc2)cc1C(=O)O.[HH]. The lowest BCUT2D eigenvalue weighted by molar-refractivity contribution is -0.137. The summed E-state index contributed by atoms with van der Waals surface area (Å²) < 4.78 is 64.3. The fourth-order valence-corrected chi connectivity index (χ4v) is 4.12. The van der Waals surface area contributed by atoms with E-state index in [1.54, 1.807) is 6.92 Å². The quantitative estimate of drug-likeness (QED) is 0.521. The third-order valence-corrected chi connectivity index (χ3v) is 6.07. The lowest BCUT2D eigenvalue weighted by atomic mass is 10.1. The van der Waals surface area contributed by atoms with Crippen molar-refractivity contribution in [3.8, 4) is 0 Å². The summed E-state index contributed by atoms with van der Waals surface area (Å²) in [4.78, 5) is 11.5. The first-order valence-corrected chi connectivity index (χ1v) is 10.1. The maximum absolute atomic E-state index is 12.5. The molecule has 2 aromatic rings. The molecule has 2 N–H and O–H groups in total. The zero-order valence-corrected chi connectivity index (χ0v) is 15.7. The molecule has 0 saturated heterocycles. The van der Waals surface area contributed by atoms with Gasteiger partial charge < -0.3 is 5.11 Å². The number of aryl methyl sites for hydroxylation is 1. The van der Waals surface area contributed by atoms with Crippen molar-refractivity contribution in [1.29, 1.82) is 0 Å². The Bertz CT molecular complexity index is 932. The Morgan fingerprint density at radius 3 is 2.37 bits per heavy atom. The third-order valence-electron chi connectivity index (χ3n) is 3.59. The van der Waals surface area contributed by atoms with Crippen molar-refractivity contribution in [1.82, 2.24) is 4.72 Å². The molecule has 2 rings (SSSR count). The van der Waals surface area contributed by atoms with Gasteiger partial charge in [-0.1, -0.05) is 6.07 Å². The number of rotatable bonds is 7. The van der Waals surface area contributed by atoms with E-state index in [0.29, 0.717) is 16.2 Å². The van der Waals surface area contributed by atoms with Crippen LogP contribution in [0.15, 0.2) is 52.3 Å². The molecule has 0 fully saturated rings. The molecule has 0 radical (unpaired) electrons. The predicted octanol–water partition coefficient (Wildman–Crippen LogP) is 4.03. The van der Waals surface area contributed by atoms with Crippen LogP contribution in [0.2, 0.25) is 0 Å². The van der Waals surface area contributed by atoms with Crippen molar-refractivity contribution in [3.63, 3.8) is 0 Å². The minimum atomic E-state index is -4.40. The molecule has 0 aliphatic heterocycles. The zero-order valence-electron chi connectivity index (χ0n) is 14.1. The third kappa shape index (κ3) is 5.72. The highest BCUT2D eigenvalue weighted by atomic mass is 32.2. The molecular weight excluding hydrogens is 403 g/mol. The minimum Gasteiger partial charge on any atom is -0.478 e. The number of halogens is 3. The largest absolute Gasteiger partial charge is 0.478 e. The molecule has 0 unspecified atom stereocenters. The van der Waals surface area contributed by atoms with Crippen LogP contribution < -0.4 is 4.72 Å². The second-order valence-electron chi connectivity index (χ2n) is 5.55. The van der Waals surface area contributed by atoms with Crippen LogP contribution in [-0.4, -0.2) is 31.8 Å². The van der Waals surface area contributed by atoms with Crippen molar-refractivity contribution in [2.75, 3.05) is 12.3 Å². The van der Waals surface area contributed by atoms with E-state index in [9.17, 15) is 26.4 Å². The molecule has 5 nitrogen and oxygen atoms in total. The van der Waals surface area contributed by atoms with E-state index >= 15 is 0 Å². The second kappa shape index (κ2) is 8.32. The van der Waals surface area contributed by atoms with Gasteiger partial charge in [0.05, 0.1) is 16.0 Å². The van der Waals surface area contributed by atoms with Crippen LogP contribution in [0.1, 0.15) is 22.9 Å². The maximum Gasteiger partial charge on any atom is 0.416 e. The molecule has 0 bridgehead atoms. The van der Waals surface area contributed by atoms with E-state index in [4.69, 9.17) is 5.11 Å². The van der Waals surface area contributed by atoms with Gasteiger partial charge in [0.2, 0.25) is 10.0 Å². The number of aromatic carboxylic acids is 1. The Labute approximate surface area is 160 Å². The lowest BCUT2D eigenvalue weighted by Gasteiger charge is -2.09. The van der Waals surface area contributed by atoms with Crippen molar-refractivity contribution in [3.05, 3.63) is 59.2 Å². The molecule has 0 heterocycles. The van der Waals surface area contributed by atoms with Gasteiger partial charge in [-0.15, -0.1) is 11.8 Å². The fourth-order valence-electron chi connectivity index (χ4n) is 2.17. The molecule has 0 amide bonds. The Hall–Kier alpha value is -2.04. The Balaban J connectivity index is 0.00000392. The van der Waals surface area contributed by atoms with Gasteiger partial charge in [-0.25, -0.2) is 17.9 Å². The predicted molar refractivity (Wildman–Crippen MR) is 97.6 cm³/mol. The number of thioether (sulfide) groups is 1. The van der Waals surface area contributed by atoms with E-state index in [0.717, 1.165) is 18.2 Å². The van der Waals surface area contributed by atoms with Gasteiger partial charge in [0.15, 0.2) is 0 Å². The molecule has 0 aliphatic rings. The molecule has 0 spiro atoms.